The number of hydrogen-bond acceptors (Lipinski definition) is 3. The van der Waals surface area contributed by atoms with E-state index in [1.165, 1.54) is 0 Å². The Balaban J connectivity index is 1.72. The van der Waals surface area contributed by atoms with Gasteiger partial charge in [0.15, 0.2) is 0 Å². The Bertz CT molecular complexity index is 260. The Labute approximate surface area is 90.5 Å². The SMILES string of the molecule is CC(C)(C)OC(=O)NC1CC2C(N)C2C1. The summed E-state index contributed by atoms with van der Waals surface area (Å²) >= 11 is 0. The third kappa shape index (κ3) is 2.43. The van der Waals surface area contributed by atoms with Gasteiger partial charge in [-0.25, -0.2) is 4.79 Å². The monoisotopic (exact) mass is 212 g/mol. The van der Waals surface area contributed by atoms with E-state index in [0.717, 1.165) is 12.8 Å². The van der Waals surface area contributed by atoms with Gasteiger partial charge >= 0.3 is 6.09 Å². The number of carbonyl (C=O) groups is 1. The maximum absolute atomic E-state index is 11.5. The summed E-state index contributed by atoms with van der Waals surface area (Å²) in [7, 11) is 0. The van der Waals surface area contributed by atoms with Crippen LogP contribution in [0.5, 0.6) is 0 Å². The van der Waals surface area contributed by atoms with Crippen molar-refractivity contribution in [1.29, 1.82) is 0 Å². The van der Waals surface area contributed by atoms with Crippen LogP contribution < -0.4 is 11.1 Å². The molecule has 0 spiro atoms. The minimum absolute atomic E-state index is 0.273. The van der Waals surface area contributed by atoms with Crippen molar-refractivity contribution in [2.45, 2.75) is 51.3 Å². The highest BCUT2D eigenvalue weighted by molar-refractivity contribution is 5.68. The number of hydrogen-bond donors (Lipinski definition) is 2. The van der Waals surface area contributed by atoms with Gasteiger partial charge in [-0.15, -0.1) is 0 Å². The number of nitrogens with two attached hydrogens (primary N) is 1. The third-order valence-electron chi connectivity index (χ3n) is 3.23. The van der Waals surface area contributed by atoms with Crippen LogP contribution in [0.3, 0.4) is 0 Å². The predicted octanol–water partition coefficient (Wildman–Crippen LogP) is 1.25. The molecule has 2 saturated carbocycles. The maximum Gasteiger partial charge on any atom is 0.407 e. The van der Waals surface area contributed by atoms with E-state index in [9.17, 15) is 4.79 Å². The van der Waals surface area contributed by atoms with Crippen molar-refractivity contribution in [2.24, 2.45) is 17.6 Å². The highest BCUT2D eigenvalue weighted by Gasteiger charge is 2.54. The number of nitrogens with one attached hydrogen (secondary N) is 1. The van der Waals surface area contributed by atoms with Crippen LogP contribution in [0.15, 0.2) is 0 Å². The second-order valence-electron chi connectivity index (χ2n) is 5.72. The number of carbonyl (C=O) groups excluding carboxylic acids is 1. The van der Waals surface area contributed by atoms with Crippen molar-refractivity contribution in [3.05, 3.63) is 0 Å². The summed E-state index contributed by atoms with van der Waals surface area (Å²) in [5.41, 5.74) is 5.41. The molecule has 4 nitrogen and oxygen atoms in total. The molecule has 0 aromatic rings. The Morgan fingerprint density at radius 2 is 1.87 bits per heavy atom. The molecule has 0 aromatic carbocycles. The summed E-state index contributed by atoms with van der Waals surface area (Å²) in [6, 6.07) is 0.663. The van der Waals surface area contributed by atoms with Crippen LogP contribution in [0, 0.1) is 11.8 Å². The molecule has 2 atom stereocenters. The lowest BCUT2D eigenvalue weighted by atomic mass is 10.1. The van der Waals surface area contributed by atoms with Crippen molar-refractivity contribution >= 4 is 6.09 Å². The average molecular weight is 212 g/mol. The first-order valence-electron chi connectivity index (χ1n) is 5.62. The second kappa shape index (κ2) is 3.37. The first kappa shape index (κ1) is 10.7. The second-order valence-corrected chi connectivity index (χ2v) is 5.72. The molecule has 0 saturated heterocycles. The van der Waals surface area contributed by atoms with Crippen molar-refractivity contribution in [3.8, 4) is 0 Å². The largest absolute Gasteiger partial charge is 0.444 e. The zero-order valence-electron chi connectivity index (χ0n) is 9.62. The molecule has 2 rings (SSSR count). The van der Waals surface area contributed by atoms with Gasteiger partial charge in [0.1, 0.15) is 5.60 Å². The van der Waals surface area contributed by atoms with Gasteiger partial charge in [0.2, 0.25) is 0 Å². The Morgan fingerprint density at radius 3 is 2.33 bits per heavy atom. The van der Waals surface area contributed by atoms with E-state index in [-0.39, 0.29) is 12.1 Å². The van der Waals surface area contributed by atoms with Crippen LogP contribution in [-0.2, 0) is 4.74 Å². The lowest BCUT2D eigenvalue weighted by Gasteiger charge is -2.22. The number of rotatable bonds is 1. The van der Waals surface area contributed by atoms with Gasteiger partial charge < -0.3 is 15.8 Å². The molecule has 0 radical (unpaired) electrons. The minimum Gasteiger partial charge on any atom is -0.444 e. The molecule has 4 heteroatoms. The average Bonchev–Trinajstić information content (AvgIpc) is 2.54. The molecule has 2 aliphatic carbocycles. The van der Waals surface area contributed by atoms with Crippen molar-refractivity contribution in [1.82, 2.24) is 5.32 Å². The number of fused-ring (bicyclic) bond motifs is 1. The minimum atomic E-state index is -0.415. The number of amides is 1. The van der Waals surface area contributed by atoms with Crippen molar-refractivity contribution < 1.29 is 9.53 Å². The van der Waals surface area contributed by atoms with Gasteiger partial charge in [0, 0.05) is 12.1 Å². The van der Waals surface area contributed by atoms with Gasteiger partial charge in [-0.2, -0.15) is 0 Å². The zero-order chi connectivity index (χ0) is 11.2. The van der Waals surface area contributed by atoms with E-state index in [2.05, 4.69) is 5.32 Å². The van der Waals surface area contributed by atoms with Crippen molar-refractivity contribution in [3.63, 3.8) is 0 Å². The van der Waals surface area contributed by atoms with Gasteiger partial charge in [0.25, 0.3) is 0 Å². The maximum atomic E-state index is 11.5. The van der Waals surface area contributed by atoms with Crippen molar-refractivity contribution in [2.75, 3.05) is 0 Å². The smallest absolute Gasteiger partial charge is 0.407 e. The molecule has 0 heterocycles. The predicted molar refractivity (Wildman–Crippen MR) is 57.3 cm³/mol. The fraction of sp³-hybridized carbons (Fsp3) is 0.909. The summed E-state index contributed by atoms with van der Waals surface area (Å²) in [5.74, 6) is 1.29. The van der Waals surface area contributed by atoms with Crippen LogP contribution in [-0.4, -0.2) is 23.8 Å². The summed E-state index contributed by atoms with van der Waals surface area (Å²) in [5, 5.41) is 2.90. The lowest BCUT2D eigenvalue weighted by Crippen LogP contribution is -2.39. The summed E-state index contributed by atoms with van der Waals surface area (Å²) in [6.45, 7) is 5.61. The molecule has 2 fully saturated rings. The molecular weight excluding hydrogens is 192 g/mol. The molecule has 2 unspecified atom stereocenters. The fourth-order valence-electron chi connectivity index (χ4n) is 2.48. The topological polar surface area (TPSA) is 64.3 Å². The molecule has 0 aliphatic heterocycles. The molecule has 15 heavy (non-hydrogen) atoms. The van der Waals surface area contributed by atoms with Crippen LogP contribution in [0.2, 0.25) is 0 Å². The zero-order valence-corrected chi connectivity index (χ0v) is 9.62. The molecule has 0 bridgehead atoms. The van der Waals surface area contributed by atoms with E-state index in [0.29, 0.717) is 17.9 Å². The molecule has 2 aliphatic rings. The van der Waals surface area contributed by atoms with Crippen LogP contribution >= 0.6 is 0 Å². The normalized spacial score (nSPS) is 38.4. The van der Waals surface area contributed by atoms with E-state index in [1.54, 1.807) is 0 Å². The van der Waals surface area contributed by atoms with E-state index in [4.69, 9.17) is 10.5 Å². The Hall–Kier alpha value is -0.770. The van der Waals surface area contributed by atoms with Crippen LogP contribution in [0.1, 0.15) is 33.6 Å². The van der Waals surface area contributed by atoms with Crippen LogP contribution in [0.25, 0.3) is 0 Å². The van der Waals surface area contributed by atoms with Gasteiger partial charge in [-0.1, -0.05) is 0 Å². The molecule has 86 valence electrons. The first-order valence-corrected chi connectivity index (χ1v) is 5.62. The van der Waals surface area contributed by atoms with E-state index < -0.39 is 5.60 Å². The lowest BCUT2D eigenvalue weighted by molar-refractivity contribution is 0.0502. The van der Waals surface area contributed by atoms with Gasteiger partial charge in [-0.05, 0) is 45.4 Å². The highest BCUT2D eigenvalue weighted by atomic mass is 16.6. The first-order chi connectivity index (χ1) is 6.87. The number of alkyl carbamates (subject to hydrolysis) is 1. The molecule has 0 aromatic heterocycles. The summed E-state index contributed by atoms with van der Waals surface area (Å²) in [6.07, 6.45) is 1.73. The highest BCUT2D eigenvalue weighted by Crippen LogP contribution is 2.50. The summed E-state index contributed by atoms with van der Waals surface area (Å²) < 4.78 is 5.20. The quantitative estimate of drug-likeness (QED) is 0.687. The third-order valence-corrected chi connectivity index (χ3v) is 3.23. The molecular formula is C11H20N2O2. The molecule has 3 N–H and O–H groups in total. The Kier molecular flexibility index (Phi) is 2.41. The van der Waals surface area contributed by atoms with E-state index in [1.807, 2.05) is 20.8 Å². The summed E-state index contributed by atoms with van der Waals surface area (Å²) in [4.78, 5) is 11.5. The number of ether oxygens (including phenoxy) is 1. The Morgan fingerprint density at radius 1 is 1.33 bits per heavy atom. The van der Waals surface area contributed by atoms with Crippen LogP contribution in [0.4, 0.5) is 4.79 Å². The fourth-order valence-corrected chi connectivity index (χ4v) is 2.48. The van der Waals surface area contributed by atoms with Gasteiger partial charge in [0.05, 0.1) is 0 Å². The van der Waals surface area contributed by atoms with Gasteiger partial charge in [-0.3, -0.25) is 0 Å². The molecule has 1 amide bonds. The standard InChI is InChI=1S/C11H20N2O2/c1-11(2,3)15-10(14)13-6-4-7-8(5-6)9(7)12/h6-9H,4-5,12H2,1-3H3,(H,13,14). The van der Waals surface area contributed by atoms with E-state index >= 15 is 0 Å².